The molecule has 4 saturated heterocycles. The summed E-state index contributed by atoms with van der Waals surface area (Å²) < 4.78 is 37.5. The number of aliphatic carboxylic acids is 1. The molecule has 0 aliphatic carbocycles. The molecule has 0 spiro atoms. The molecule has 132 heavy (non-hydrogen) atoms. The Morgan fingerprint density at radius 3 is 1.32 bits per heavy atom. The van der Waals surface area contributed by atoms with E-state index in [1.807, 2.05) is 111 Å². The number of aliphatic imine (C=N–C) groups is 2. The number of imidazole rings is 2. The highest BCUT2D eigenvalue weighted by Gasteiger charge is 2.45. The number of hydrogen-bond donors (Lipinski definition) is 7. The van der Waals surface area contributed by atoms with Crippen molar-refractivity contribution in [2.45, 2.75) is 181 Å². The summed E-state index contributed by atoms with van der Waals surface area (Å²) in [7, 11) is 5.06. The van der Waals surface area contributed by atoms with Crippen LogP contribution in [0.3, 0.4) is 0 Å². The Labute approximate surface area is 765 Å². The first-order chi connectivity index (χ1) is 63.4. The summed E-state index contributed by atoms with van der Waals surface area (Å²) in [6, 6.07) is 43.4. The minimum Gasteiger partial charge on any atom is -0.488 e. The lowest BCUT2D eigenvalue weighted by Crippen LogP contribution is -2.51. The summed E-state index contributed by atoms with van der Waals surface area (Å²) in [6.45, 7) is 20.9. The molecule has 10 aromatic rings. The topological polar surface area (TPSA) is 382 Å². The quantitative estimate of drug-likeness (QED) is 0.0392. The number of amides is 8. The third kappa shape index (κ3) is 19.1. The standard InChI is InChI=1S/C48H51N7O7.C43H50N6O6.C10H11NO4/c1-26(2)42(52-47(58)60-4)45(56)54-17-9-12-39(54)44-49-23-38(51-44)30-13-15-32-31(19-30)25-62-41-22-33-29(20-35(32)41)14-16-36-34(33)21-37(50-36)40-18-27(3)24-55(40)46(57)43(53-48(59)61-5)28-10-7-6-8-11-28;1-23(2)38(47-41(51)53-7)40(50)48-14-8-9-35(48)39-44-20-34(46-39)26-10-12-28-27(16-26)22-54-37-19-29-25(17-31(28)37)11-13-32-30(29)18-33(45-32)36-15-24(3)21-49(36)42(52)55-43(4,5)6;1-15-10(14)11-8(9(12)13)7-5-3-2-4-6-7/h6-8,10-11,13-16,19-20,22-23,26-27,39-40,42-43H,9,12,17-18,21,24-25H2,1-5H3,(H,49,51)(H,52,58)(H,53,59);10-13,16-17,19-20,23-24,35-36,38H,8-9,14-15,18,21-22H2,1-7H3,(H,44,46)(H,47,51);2-6,8H,1H3,(H,11,14)(H,12,13)/t27-,39-,40-,42-,43+;24-,35-,36-,38-;8-/m001/s1. The van der Waals surface area contributed by atoms with Gasteiger partial charge >= 0.3 is 36.4 Å². The zero-order chi connectivity index (χ0) is 93.2. The van der Waals surface area contributed by atoms with Crippen molar-refractivity contribution >= 4 is 98.5 Å². The van der Waals surface area contributed by atoms with Crippen LogP contribution < -0.4 is 30.7 Å². The second-order valence-corrected chi connectivity index (χ2v) is 36.7. The average Bonchev–Trinajstić information content (AvgIpc) is 1.35. The van der Waals surface area contributed by atoms with Crippen molar-refractivity contribution in [1.82, 2.24) is 60.8 Å². The van der Waals surface area contributed by atoms with Crippen molar-refractivity contribution in [3.8, 4) is 56.3 Å². The number of carboxylic acids is 1. The summed E-state index contributed by atoms with van der Waals surface area (Å²) in [5.41, 5.74) is 16.8. The lowest BCUT2D eigenvalue weighted by Gasteiger charge is -2.30. The van der Waals surface area contributed by atoms with Crippen LogP contribution in [0.15, 0.2) is 168 Å². The van der Waals surface area contributed by atoms with Crippen molar-refractivity contribution in [3.63, 3.8) is 0 Å². The van der Waals surface area contributed by atoms with Gasteiger partial charge in [0, 0.05) is 61.6 Å². The number of H-pyrrole nitrogens is 2. The molecule has 31 nitrogen and oxygen atoms in total. The van der Waals surface area contributed by atoms with E-state index in [1.165, 1.54) is 34.0 Å². The summed E-state index contributed by atoms with van der Waals surface area (Å²) in [4.78, 5) is 147. The number of aromatic nitrogens is 4. The minimum atomic E-state index is -1.13. The van der Waals surface area contributed by atoms with Crippen LogP contribution in [-0.4, -0.2) is 195 Å². The number of carboxylic acid groups (broad SMARTS) is 1. The highest BCUT2D eigenvalue weighted by Crippen LogP contribution is 2.49. The van der Waals surface area contributed by atoms with Crippen molar-refractivity contribution in [2.75, 3.05) is 54.6 Å². The summed E-state index contributed by atoms with van der Waals surface area (Å²) in [5, 5.41) is 23.7. The van der Waals surface area contributed by atoms with E-state index in [9.17, 15) is 43.2 Å². The van der Waals surface area contributed by atoms with Gasteiger partial charge in [0.25, 0.3) is 0 Å². The third-order valence-electron chi connectivity index (χ3n) is 25.9. The molecule has 0 unspecified atom stereocenters. The maximum atomic E-state index is 14.3. The number of carbonyl (C=O) groups excluding carboxylic acids is 8. The monoisotopic (exact) mass is 1790 g/mol. The SMILES string of the molecule is COC(=O)N[C@@H](C(=O)O)c1ccccc1.COC(=O)N[C@H](C(=O)N1CCC[C@H]1c1ncc(-c2ccc3c(c2)COc2cc4c5c(ccc4cc2-3)N=C([C@@H]2C[C@H](C)CN2C(=O)OC(C)(C)C)C5)[nH]1)C(C)C.COC(=O)N[C@H](C(=O)N1CCC[C@H]1c1ncc(-c2ccc3c(c2)COc2cc4c5c(ccc4cc2-3)N=C([C@@H]2C[C@H](C)CN2C(=O)[C@H](NC(=O)OC)c2ccccc2)C5)[nH]1)C(C)C. The fourth-order valence-corrected chi connectivity index (χ4v) is 19.3. The molecule has 4 fully saturated rings. The second-order valence-electron chi connectivity index (χ2n) is 36.7. The normalized spacial score (nSPS) is 19.3. The van der Waals surface area contributed by atoms with E-state index in [2.05, 4.69) is 135 Å². The van der Waals surface area contributed by atoms with Crippen LogP contribution in [0.25, 0.3) is 66.3 Å². The average molecular weight is 1790 g/mol. The molecule has 0 saturated carbocycles. The second kappa shape index (κ2) is 38.5. The van der Waals surface area contributed by atoms with Gasteiger partial charge in [-0.15, -0.1) is 0 Å². The van der Waals surface area contributed by atoms with Crippen LogP contribution in [0.2, 0.25) is 0 Å². The summed E-state index contributed by atoms with van der Waals surface area (Å²) in [6.07, 6.45) is 6.86. The number of benzene rings is 8. The fraction of sp³-hybridized carbons (Fsp3) is 0.396. The Morgan fingerprint density at radius 1 is 0.477 bits per heavy atom. The molecule has 10 atom stereocenters. The third-order valence-corrected chi connectivity index (χ3v) is 25.9. The highest BCUT2D eigenvalue weighted by molar-refractivity contribution is 6.08. The number of alkyl carbamates (subject to hydrolysis) is 4. The number of rotatable bonds is 18. The molecule has 2 aromatic heterocycles. The first kappa shape index (κ1) is 91.2. The Hall–Kier alpha value is -14.1. The fourth-order valence-electron chi connectivity index (χ4n) is 19.3. The van der Waals surface area contributed by atoms with Crippen LogP contribution in [-0.2, 0) is 68.9 Å². The lowest BCUT2D eigenvalue weighted by molar-refractivity contribution is -0.139. The predicted octanol–water partition coefficient (Wildman–Crippen LogP) is 17.1. The van der Waals surface area contributed by atoms with Gasteiger partial charge in [0.1, 0.15) is 60.1 Å². The number of ether oxygens (including phenoxy) is 7. The van der Waals surface area contributed by atoms with Crippen LogP contribution in [0.5, 0.6) is 11.5 Å². The molecular weight excluding hydrogens is 1680 g/mol. The van der Waals surface area contributed by atoms with Gasteiger partial charge in [-0.2, -0.15) is 0 Å². The van der Waals surface area contributed by atoms with Gasteiger partial charge in [0.2, 0.25) is 17.7 Å². The Bertz CT molecular complexity index is 6180. The molecule has 18 rings (SSSR count). The molecule has 0 radical (unpaired) electrons. The van der Waals surface area contributed by atoms with Crippen LogP contribution >= 0.6 is 0 Å². The maximum absolute atomic E-state index is 14.3. The number of likely N-dealkylation sites (tertiary alicyclic amines) is 4. The molecule has 10 heterocycles. The van der Waals surface area contributed by atoms with Crippen LogP contribution in [0.1, 0.15) is 170 Å². The zero-order valence-corrected chi connectivity index (χ0v) is 76.4. The van der Waals surface area contributed by atoms with Gasteiger partial charge in [0.15, 0.2) is 6.04 Å². The van der Waals surface area contributed by atoms with E-state index in [1.54, 1.807) is 30.3 Å². The van der Waals surface area contributed by atoms with Crippen molar-refractivity contribution in [2.24, 2.45) is 33.7 Å². The predicted molar refractivity (Wildman–Crippen MR) is 497 cm³/mol. The molecule has 8 aliphatic heterocycles. The van der Waals surface area contributed by atoms with E-state index in [0.717, 1.165) is 162 Å². The number of carbonyl (C=O) groups is 9. The molecule has 688 valence electrons. The molecule has 8 amide bonds. The molecule has 8 aromatic carbocycles. The van der Waals surface area contributed by atoms with Gasteiger partial charge in [-0.3, -0.25) is 29.3 Å². The number of aromatic amines is 2. The van der Waals surface area contributed by atoms with E-state index in [-0.39, 0.29) is 65.7 Å². The number of methoxy groups -OCH3 is 4. The van der Waals surface area contributed by atoms with Crippen molar-refractivity contribution in [3.05, 3.63) is 203 Å². The number of nitrogens with one attached hydrogen (secondary N) is 6. The van der Waals surface area contributed by atoms with Crippen LogP contribution in [0, 0.1) is 23.7 Å². The Kier molecular flexibility index (Phi) is 26.6. The summed E-state index contributed by atoms with van der Waals surface area (Å²) in [5.74, 6) is 1.90. The van der Waals surface area contributed by atoms with Gasteiger partial charge < -0.3 is 84.2 Å². The van der Waals surface area contributed by atoms with Gasteiger partial charge in [-0.25, -0.2) is 38.7 Å². The van der Waals surface area contributed by atoms with E-state index in [4.69, 9.17) is 53.5 Å². The zero-order valence-electron chi connectivity index (χ0n) is 76.4. The van der Waals surface area contributed by atoms with Crippen LogP contribution in [0.4, 0.5) is 35.3 Å². The number of hydrogen-bond acceptors (Lipinski definition) is 20. The molecular formula is C101H112N14O17. The number of nitrogens with zero attached hydrogens (tertiary/aromatic N) is 8. The van der Waals surface area contributed by atoms with Gasteiger partial charge in [-0.05, 0) is 209 Å². The number of fused-ring (bicyclic) bond motifs is 12. The van der Waals surface area contributed by atoms with E-state index >= 15 is 0 Å². The molecule has 31 heteroatoms. The molecule has 7 N–H and O–H groups in total. The Morgan fingerprint density at radius 2 is 0.894 bits per heavy atom. The Balaban J connectivity index is 0.000000167. The minimum absolute atomic E-state index is 0.0830. The first-order valence-electron chi connectivity index (χ1n) is 45.0. The molecule has 0 bridgehead atoms. The van der Waals surface area contributed by atoms with Gasteiger partial charge in [-0.1, -0.05) is 139 Å². The summed E-state index contributed by atoms with van der Waals surface area (Å²) >= 11 is 0. The molecule has 8 aliphatic rings. The maximum Gasteiger partial charge on any atom is 0.410 e. The van der Waals surface area contributed by atoms with E-state index < -0.39 is 60.1 Å². The van der Waals surface area contributed by atoms with E-state index in [0.29, 0.717) is 75.1 Å². The first-order valence-corrected chi connectivity index (χ1v) is 45.0. The lowest BCUT2D eigenvalue weighted by atomic mass is 9.90. The van der Waals surface area contributed by atoms with Crippen molar-refractivity contribution in [1.29, 1.82) is 0 Å². The van der Waals surface area contributed by atoms with Crippen molar-refractivity contribution < 1.29 is 81.4 Å². The van der Waals surface area contributed by atoms with Gasteiger partial charge in [0.05, 0.1) is 87.8 Å². The smallest absolute Gasteiger partial charge is 0.410 e. The highest BCUT2D eigenvalue weighted by atomic mass is 16.6. The largest absolute Gasteiger partial charge is 0.488 e.